The van der Waals surface area contributed by atoms with Crippen LogP contribution in [0.25, 0.3) is 44.2 Å². The van der Waals surface area contributed by atoms with Crippen LogP contribution in [0.3, 0.4) is 0 Å². The minimum absolute atomic E-state index is 0.807. The third-order valence-electron chi connectivity index (χ3n) is 8.74. The Labute approximate surface area is 281 Å². The van der Waals surface area contributed by atoms with E-state index in [2.05, 4.69) is 175 Å². The molecule has 48 heavy (non-hydrogen) atoms. The maximum absolute atomic E-state index is 6.54. The zero-order chi connectivity index (χ0) is 32.1. The summed E-state index contributed by atoms with van der Waals surface area (Å²) >= 11 is 0. The van der Waals surface area contributed by atoms with Crippen molar-refractivity contribution in [1.82, 2.24) is 0 Å². The van der Waals surface area contributed by atoms with Gasteiger partial charge in [0.2, 0.25) is 0 Å². The van der Waals surface area contributed by atoms with Crippen molar-refractivity contribution in [2.75, 3.05) is 4.90 Å². The number of hydrogen-bond donors (Lipinski definition) is 0. The standard InChI is InChI=1S/C46H33NO/c1-5-14-34(15-6-1)36-24-28-39(29-25-36)47(40-30-26-37(27-31-40)35-16-7-2-8-17-35)44-23-13-22-43-45(48-41-20-11-4-12-21-41)33-32-42(46(43)44)38-18-9-3-10-19-38/h1-33H. The van der Waals surface area contributed by atoms with E-state index in [0.717, 1.165) is 50.5 Å². The van der Waals surface area contributed by atoms with Crippen molar-refractivity contribution in [2.45, 2.75) is 0 Å². The maximum Gasteiger partial charge on any atom is 0.135 e. The molecule has 0 aromatic heterocycles. The van der Waals surface area contributed by atoms with Gasteiger partial charge < -0.3 is 9.64 Å². The number of ether oxygens (including phenoxy) is 1. The topological polar surface area (TPSA) is 12.5 Å². The molecular weight excluding hydrogens is 583 g/mol. The van der Waals surface area contributed by atoms with Crippen molar-refractivity contribution in [3.8, 4) is 44.9 Å². The highest BCUT2D eigenvalue weighted by molar-refractivity contribution is 6.10. The van der Waals surface area contributed by atoms with Crippen LogP contribution in [-0.4, -0.2) is 0 Å². The van der Waals surface area contributed by atoms with Crippen LogP contribution < -0.4 is 9.64 Å². The molecule has 2 heteroatoms. The molecule has 0 N–H and O–H groups in total. The Morgan fingerprint density at radius 2 is 0.792 bits per heavy atom. The van der Waals surface area contributed by atoms with Crippen molar-refractivity contribution in [2.24, 2.45) is 0 Å². The normalized spacial score (nSPS) is 10.9. The number of nitrogens with zero attached hydrogens (tertiary/aromatic N) is 1. The zero-order valence-corrected chi connectivity index (χ0v) is 26.4. The summed E-state index contributed by atoms with van der Waals surface area (Å²) < 4.78 is 6.54. The van der Waals surface area contributed by atoms with Crippen molar-refractivity contribution >= 4 is 27.8 Å². The van der Waals surface area contributed by atoms with Crippen molar-refractivity contribution in [3.05, 3.63) is 200 Å². The van der Waals surface area contributed by atoms with Gasteiger partial charge in [0.25, 0.3) is 0 Å². The predicted molar refractivity (Wildman–Crippen MR) is 201 cm³/mol. The number of benzene rings is 8. The summed E-state index contributed by atoms with van der Waals surface area (Å²) in [6.07, 6.45) is 0. The fourth-order valence-corrected chi connectivity index (χ4v) is 6.40. The minimum Gasteiger partial charge on any atom is -0.457 e. The summed E-state index contributed by atoms with van der Waals surface area (Å²) in [5, 5.41) is 2.17. The van der Waals surface area contributed by atoms with Gasteiger partial charge in [0.1, 0.15) is 11.5 Å². The molecule has 0 atom stereocenters. The molecule has 0 saturated heterocycles. The molecule has 0 radical (unpaired) electrons. The fourth-order valence-electron chi connectivity index (χ4n) is 6.40. The van der Waals surface area contributed by atoms with E-state index in [1.807, 2.05) is 30.3 Å². The van der Waals surface area contributed by atoms with Crippen LogP contribution in [0.15, 0.2) is 200 Å². The second kappa shape index (κ2) is 13.2. The molecule has 2 nitrogen and oxygen atoms in total. The van der Waals surface area contributed by atoms with Crippen LogP contribution >= 0.6 is 0 Å². The third kappa shape index (κ3) is 5.84. The number of hydrogen-bond acceptors (Lipinski definition) is 2. The van der Waals surface area contributed by atoms with E-state index in [0.29, 0.717) is 0 Å². The Morgan fingerprint density at radius 1 is 0.333 bits per heavy atom. The Bertz CT molecular complexity index is 2180. The molecule has 0 amide bonds. The lowest BCUT2D eigenvalue weighted by Gasteiger charge is -2.28. The summed E-state index contributed by atoms with van der Waals surface area (Å²) in [6, 6.07) is 70.2. The van der Waals surface area contributed by atoms with Gasteiger partial charge >= 0.3 is 0 Å². The van der Waals surface area contributed by atoms with E-state index in [-0.39, 0.29) is 0 Å². The first-order chi connectivity index (χ1) is 23.8. The first-order valence-electron chi connectivity index (χ1n) is 16.3. The Balaban J connectivity index is 1.34. The quantitative estimate of drug-likeness (QED) is 0.169. The van der Waals surface area contributed by atoms with Crippen LogP contribution in [0, 0.1) is 0 Å². The summed E-state index contributed by atoms with van der Waals surface area (Å²) in [5.74, 6) is 1.62. The molecule has 228 valence electrons. The van der Waals surface area contributed by atoms with Crippen LogP contribution in [0.1, 0.15) is 0 Å². The van der Waals surface area contributed by atoms with E-state index >= 15 is 0 Å². The Kier molecular flexibility index (Phi) is 7.96. The highest BCUT2D eigenvalue weighted by Crippen LogP contribution is 2.46. The lowest BCUT2D eigenvalue weighted by atomic mass is 9.95. The summed E-state index contributed by atoms with van der Waals surface area (Å²) in [6.45, 7) is 0. The second-order valence-electron chi connectivity index (χ2n) is 11.8. The molecule has 8 aromatic rings. The molecular formula is C46H33NO. The highest BCUT2D eigenvalue weighted by Gasteiger charge is 2.20. The molecule has 0 aliphatic carbocycles. The van der Waals surface area contributed by atoms with Gasteiger partial charge in [-0.2, -0.15) is 0 Å². The van der Waals surface area contributed by atoms with Crippen LogP contribution in [-0.2, 0) is 0 Å². The van der Waals surface area contributed by atoms with E-state index in [1.54, 1.807) is 0 Å². The smallest absolute Gasteiger partial charge is 0.135 e. The van der Waals surface area contributed by atoms with Gasteiger partial charge in [-0.25, -0.2) is 0 Å². The average molecular weight is 616 g/mol. The van der Waals surface area contributed by atoms with Gasteiger partial charge in [0.05, 0.1) is 5.69 Å². The first kappa shape index (κ1) is 29.1. The predicted octanol–water partition coefficient (Wildman–Crippen LogP) is 13.1. The molecule has 0 fully saturated rings. The maximum atomic E-state index is 6.54. The molecule has 0 aliphatic heterocycles. The molecule has 0 bridgehead atoms. The lowest BCUT2D eigenvalue weighted by molar-refractivity contribution is 0.488. The zero-order valence-electron chi connectivity index (χ0n) is 26.4. The van der Waals surface area contributed by atoms with E-state index in [1.165, 1.54) is 22.3 Å². The van der Waals surface area contributed by atoms with Gasteiger partial charge in [-0.05, 0) is 88.0 Å². The van der Waals surface area contributed by atoms with Crippen molar-refractivity contribution in [1.29, 1.82) is 0 Å². The SMILES string of the molecule is c1ccc(Oc2ccc(-c3ccccc3)c3c(N(c4ccc(-c5ccccc5)cc4)c4ccc(-c5ccccc5)cc4)cccc23)cc1. The van der Waals surface area contributed by atoms with Crippen LogP contribution in [0.4, 0.5) is 17.1 Å². The first-order valence-corrected chi connectivity index (χ1v) is 16.3. The van der Waals surface area contributed by atoms with Crippen molar-refractivity contribution in [3.63, 3.8) is 0 Å². The summed E-state index contributed by atoms with van der Waals surface area (Å²) in [4.78, 5) is 2.37. The Hall–Kier alpha value is -6.38. The molecule has 0 heterocycles. The molecule has 0 aliphatic rings. The molecule has 0 saturated carbocycles. The highest BCUT2D eigenvalue weighted by atomic mass is 16.5. The summed E-state index contributed by atoms with van der Waals surface area (Å²) in [7, 11) is 0. The van der Waals surface area contributed by atoms with Gasteiger partial charge in [-0.3, -0.25) is 0 Å². The lowest BCUT2D eigenvalue weighted by Crippen LogP contribution is -2.11. The van der Waals surface area contributed by atoms with Gasteiger partial charge in [-0.1, -0.05) is 146 Å². The average Bonchev–Trinajstić information content (AvgIpc) is 3.17. The molecule has 8 rings (SSSR count). The largest absolute Gasteiger partial charge is 0.457 e. The summed E-state index contributed by atoms with van der Waals surface area (Å²) in [5.41, 5.74) is 10.3. The molecule has 0 unspecified atom stereocenters. The number of anilines is 3. The van der Waals surface area contributed by atoms with E-state index < -0.39 is 0 Å². The van der Waals surface area contributed by atoms with Gasteiger partial charge in [0.15, 0.2) is 0 Å². The van der Waals surface area contributed by atoms with Crippen LogP contribution in [0.5, 0.6) is 11.5 Å². The van der Waals surface area contributed by atoms with E-state index in [9.17, 15) is 0 Å². The van der Waals surface area contributed by atoms with E-state index in [4.69, 9.17) is 4.74 Å². The Morgan fingerprint density at radius 3 is 1.31 bits per heavy atom. The fraction of sp³-hybridized carbons (Fsp3) is 0. The molecule has 8 aromatic carbocycles. The van der Waals surface area contributed by atoms with Crippen LogP contribution in [0.2, 0.25) is 0 Å². The number of rotatable bonds is 8. The molecule has 0 spiro atoms. The number of para-hydroxylation sites is 1. The number of fused-ring (bicyclic) bond motifs is 1. The van der Waals surface area contributed by atoms with Gasteiger partial charge in [-0.15, -0.1) is 0 Å². The van der Waals surface area contributed by atoms with Crippen molar-refractivity contribution < 1.29 is 4.74 Å². The van der Waals surface area contributed by atoms with Gasteiger partial charge in [0, 0.05) is 22.1 Å². The third-order valence-corrected chi connectivity index (χ3v) is 8.74. The monoisotopic (exact) mass is 615 g/mol. The second-order valence-corrected chi connectivity index (χ2v) is 11.8. The minimum atomic E-state index is 0.807.